The number of hydrogen-bond donors (Lipinski definition) is 2. The topological polar surface area (TPSA) is 69.1 Å². The lowest BCUT2D eigenvalue weighted by Crippen LogP contribution is -2.49. The van der Waals surface area contributed by atoms with Crippen LogP contribution in [0.5, 0.6) is 0 Å². The van der Waals surface area contributed by atoms with E-state index in [1.165, 1.54) is 6.42 Å². The molecular formula is C15H24N2OS. The molecule has 1 rings (SSSR count). The third-order valence-electron chi connectivity index (χ3n) is 3.21. The molecule has 1 aromatic rings. The number of primary amides is 1. The molecule has 0 aliphatic heterocycles. The second kappa shape index (κ2) is 7.56. The normalized spacial score (nSPS) is 14.3. The average molecular weight is 280 g/mol. The molecule has 4 N–H and O–H groups in total. The van der Waals surface area contributed by atoms with Gasteiger partial charge in [-0.25, -0.2) is 0 Å². The fourth-order valence-electron chi connectivity index (χ4n) is 1.80. The van der Waals surface area contributed by atoms with Gasteiger partial charge in [0, 0.05) is 0 Å². The average Bonchev–Trinajstić information content (AvgIpc) is 2.38. The summed E-state index contributed by atoms with van der Waals surface area (Å²) in [5, 5.41) is 0. The summed E-state index contributed by atoms with van der Waals surface area (Å²) in [6.07, 6.45) is 1.76. The van der Waals surface area contributed by atoms with Gasteiger partial charge in [0.05, 0.1) is 0 Å². The maximum absolute atomic E-state index is 11.7. The van der Waals surface area contributed by atoms with E-state index in [0.717, 1.165) is 17.1 Å². The molecule has 4 heteroatoms. The van der Waals surface area contributed by atoms with Crippen LogP contribution >= 0.6 is 11.8 Å². The van der Waals surface area contributed by atoms with Crippen molar-refractivity contribution in [3.8, 4) is 0 Å². The summed E-state index contributed by atoms with van der Waals surface area (Å²) in [6, 6.07) is 9.40. The van der Waals surface area contributed by atoms with E-state index in [9.17, 15) is 4.79 Å². The second-order valence-electron chi connectivity index (χ2n) is 5.25. The van der Waals surface area contributed by atoms with E-state index in [1.807, 2.05) is 42.1 Å². The van der Waals surface area contributed by atoms with E-state index in [4.69, 9.17) is 11.5 Å². The van der Waals surface area contributed by atoms with Crippen LogP contribution < -0.4 is 11.5 Å². The molecule has 0 bridgehead atoms. The van der Waals surface area contributed by atoms with Gasteiger partial charge in [0.2, 0.25) is 5.91 Å². The van der Waals surface area contributed by atoms with Gasteiger partial charge in [-0.05, 0) is 35.8 Å². The molecule has 1 unspecified atom stereocenters. The van der Waals surface area contributed by atoms with Gasteiger partial charge in [-0.15, -0.1) is 0 Å². The molecule has 1 atom stereocenters. The summed E-state index contributed by atoms with van der Waals surface area (Å²) in [7, 11) is 0. The summed E-state index contributed by atoms with van der Waals surface area (Å²) >= 11 is 1.83. The molecule has 0 spiro atoms. The highest BCUT2D eigenvalue weighted by Crippen LogP contribution is 2.24. The van der Waals surface area contributed by atoms with Crippen LogP contribution in [-0.4, -0.2) is 17.4 Å². The smallest absolute Gasteiger partial charge is 0.242 e. The second-order valence-corrected chi connectivity index (χ2v) is 6.47. The van der Waals surface area contributed by atoms with Crippen molar-refractivity contribution in [3.63, 3.8) is 0 Å². The third-order valence-corrected chi connectivity index (χ3v) is 4.23. The summed E-state index contributed by atoms with van der Waals surface area (Å²) in [5.41, 5.74) is 11.5. The Labute approximate surface area is 120 Å². The molecule has 1 aromatic carbocycles. The van der Waals surface area contributed by atoms with Gasteiger partial charge in [0.15, 0.2) is 0 Å². The minimum Gasteiger partial charge on any atom is -0.368 e. The van der Waals surface area contributed by atoms with Crippen LogP contribution in [-0.2, 0) is 10.3 Å². The third kappa shape index (κ3) is 4.88. The monoisotopic (exact) mass is 280 g/mol. The molecule has 106 valence electrons. The first-order valence-electron chi connectivity index (χ1n) is 6.69. The zero-order valence-electron chi connectivity index (χ0n) is 11.8. The first-order valence-corrected chi connectivity index (χ1v) is 7.84. The highest BCUT2D eigenvalue weighted by Gasteiger charge is 2.33. The van der Waals surface area contributed by atoms with Gasteiger partial charge < -0.3 is 11.5 Å². The van der Waals surface area contributed by atoms with Gasteiger partial charge in [0.1, 0.15) is 5.54 Å². The lowest BCUT2D eigenvalue weighted by molar-refractivity contribution is -0.123. The Morgan fingerprint density at radius 2 is 1.89 bits per heavy atom. The zero-order chi connectivity index (χ0) is 14.3. The number of thioether (sulfide) groups is 1. The fourth-order valence-corrected chi connectivity index (χ4v) is 3.11. The highest BCUT2D eigenvalue weighted by molar-refractivity contribution is 7.99. The molecule has 3 nitrogen and oxygen atoms in total. The van der Waals surface area contributed by atoms with Crippen LogP contribution in [0.25, 0.3) is 0 Å². The zero-order valence-corrected chi connectivity index (χ0v) is 12.6. The summed E-state index contributed by atoms with van der Waals surface area (Å²) in [6.45, 7) is 4.42. The lowest BCUT2D eigenvalue weighted by atomic mass is 9.88. The van der Waals surface area contributed by atoms with Crippen LogP contribution in [0.2, 0.25) is 0 Å². The van der Waals surface area contributed by atoms with Gasteiger partial charge in [-0.3, -0.25) is 4.79 Å². The Morgan fingerprint density at radius 1 is 1.26 bits per heavy atom. The van der Waals surface area contributed by atoms with Crippen LogP contribution in [0.4, 0.5) is 0 Å². The van der Waals surface area contributed by atoms with Crippen molar-refractivity contribution in [2.24, 2.45) is 17.4 Å². The van der Waals surface area contributed by atoms with Gasteiger partial charge in [-0.2, -0.15) is 11.8 Å². The van der Waals surface area contributed by atoms with Crippen molar-refractivity contribution >= 4 is 17.7 Å². The number of carbonyl (C=O) groups excluding carboxylic acids is 1. The molecule has 0 aromatic heterocycles. The molecule has 0 heterocycles. The van der Waals surface area contributed by atoms with Crippen LogP contribution in [0.3, 0.4) is 0 Å². The predicted octanol–water partition coefficient (Wildman–Crippen LogP) is 2.50. The van der Waals surface area contributed by atoms with E-state index in [1.54, 1.807) is 0 Å². The van der Waals surface area contributed by atoms with E-state index in [2.05, 4.69) is 13.8 Å². The minimum atomic E-state index is -1.05. The van der Waals surface area contributed by atoms with Gasteiger partial charge in [0.25, 0.3) is 0 Å². The molecule has 0 radical (unpaired) electrons. The molecule has 0 aliphatic rings. The molecule has 0 aliphatic carbocycles. The highest BCUT2D eigenvalue weighted by atomic mass is 32.2. The van der Waals surface area contributed by atoms with Crippen LogP contribution in [0, 0.1) is 5.92 Å². The molecule has 0 saturated carbocycles. The largest absolute Gasteiger partial charge is 0.368 e. The van der Waals surface area contributed by atoms with E-state index in [-0.39, 0.29) is 0 Å². The van der Waals surface area contributed by atoms with E-state index < -0.39 is 11.4 Å². The van der Waals surface area contributed by atoms with Crippen LogP contribution in [0.1, 0.15) is 32.3 Å². The first-order chi connectivity index (χ1) is 8.97. The Bertz CT molecular complexity index is 394. The van der Waals surface area contributed by atoms with E-state index >= 15 is 0 Å². The number of rotatable bonds is 8. The number of benzene rings is 1. The van der Waals surface area contributed by atoms with Crippen molar-refractivity contribution in [2.45, 2.75) is 32.2 Å². The first kappa shape index (κ1) is 16.1. The van der Waals surface area contributed by atoms with Crippen LogP contribution in [0.15, 0.2) is 30.3 Å². The molecule has 0 fully saturated rings. The molecule has 0 saturated heterocycles. The quantitative estimate of drug-likeness (QED) is 0.719. The predicted molar refractivity (Wildman–Crippen MR) is 82.9 cm³/mol. The van der Waals surface area contributed by atoms with Crippen molar-refractivity contribution in [1.29, 1.82) is 0 Å². The maximum atomic E-state index is 11.7. The van der Waals surface area contributed by atoms with Gasteiger partial charge >= 0.3 is 0 Å². The summed E-state index contributed by atoms with van der Waals surface area (Å²) < 4.78 is 0. The molecular weight excluding hydrogens is 256 g/mol. The van der Waals surface area contributed by atoms with Crippen molar-refractivity contribution < 1.29 is 4.79 Å². The van der Waals surface area contributed by atoms with Crippen molar-refractivity contribution in [1.82, 2.24) is 0 Å². The Balaban J connectivity index is 2.56. The number of hydrogen-bond acceptors (Lipinski definition) is 3. The molecule has 19 heavy (non-hydrogen) atoms. The van der Waals surface area contributed by atoms with E-state index in [0.29, 0.717) is 12.3 Å². The van der Waals surface area contributed by atoms with Crippen molar-refractivity contribution in [2.75, 3.05) is 11.5 Å². The summed E-state index contributed by atoms with van der Waals surface area (Å²) in [4.78, 5) is 11.7. The number of carbonyl (C=O) groups is 1. The summed E-state index contributed by atoms with van der Waals surface area (Å²) in [5.74, 6) is 2.20. The molecule has 1 amide bonds. The maximum Gasteiger partial charge on any atom is 0.242 e. The van der Waals surface area contributed by atoms with Gasteiger partial charge in [-0.1, -0.05) is 44.2 Å². The number of nitrogens with two attached hydrogens (primary N) is 2. The number of amides is 1. The Hall–Kier alpha value is -1.00. The fraction of sp³-hybridized carbons (Fsp3) is 0.533. The lowest BCUT2D eigenvalue weighted by Gasteiger charge is -2.26. The minimum absolute atomic E-state index is 0.455. The Morgan fingerprint density at radius 3 is 2.42 bits per heavy atom. The Kier molecular flexibility index (Phi) is 6.38. The van der Waals surface area contributed by atoms with Crippen molar-refractivity contribution in [3.05, 3.63) is 35.9 Å². The standard InChI is InChI=1S/C15H24N2OS/c1-12(2)8-10-19-11-9-15(17,14(16)18)13-6-4-3-5-7-13/h3-7,12H,8-11,17H2,1-2H3,(H2,16,18). The SMILES string of the molecule is CC(C)CCSCCC(N)(C(N)=O)c1ccccc1.